The SMILES string of the molecule is CCOc1c(Cl)cc(C=Nc2cc(Cl)ccc2C)cc1OC. The third kappa shape index (κ3) is 3.93. The monoisotopic (exact) mass is 337 g/mol. The minimum Gasteiger partial charge on any atom is -0.493 e. The Morgan fingerprint density at radius 2 is 1.95 bits per heavy atom. The summed E-state index contributed by atoms with van der Waals surface area (Å²) in [6, 6.07) is 9.22. The second-order valence-electron chi connectivity index (χ2n) is 4.66. The number of rotatable bonds is 5. The molecule has 0 fully saturated rings. The van der Waals surface area contributed by atoms with Gasteiger partial charge in [0.25, 0.3) is 0 Å². The predicted molar refractivity (Wildman–Crippen MR) is 92.6 cm³/mol. The van der Waals surface area contributed by atoms with Crippen molar-refractivity contribution in [1.82, 2.24) is 0 Å². The van der Waals surface area contributed by atoms with Gasteiger partial charge in [0.15, 0.2) is 11.5 Å². The lowest BCUT2D eigenvalue weighted by atomic mass is 10.2. The molecule has 0 unspecified atom stereocenters. The van der Waals surface area contributed by atoms with Gasteiger partial charge in [0, 0.05) is 11.2 Å². The molecule has 22 heavy (non-hydrogen) atoms. The Balaban J connectivity index is 2.35. The number of nitrogens with zero attached hydrogens (tertiary/aromatic N) is 1. The maximum atomic E-state index is 6.24. The molecular formula is C17H17Cl2NO2. The molecule has 0 aliphatic carbocycles. The van der Waals surface area contributed by atoms with Crippen LogP contribution in [0.2, 0.25) is 10.0 Å². The fourth-order valence-electron chi connectivity index (χ4n) is 1.96. The zero-order valence-corrected chi connectivity index (χ0v) is 14.2. The number of methoxy groups -OCH3 is 1. The van der Waals surface area contributed by atoms with Crippen LogP contribution in [0.25, 0.3) is 0 Å². The minimum absolute atomic E-state index is 0.491. The van der Waals surface area contributed by atoms with Gasteiger partial charge in [-0.05, 0) is 49.2 Å². The molecule has 0 radical (unpaired) electrons. The molecular weight excluding hydrogens is 321 g/mol. The summed E-state index contributed by atoms with van der Waals surface area (Å²) in [5.41, 5.74) is 2.69. The topological polar surface area (TPSA) is 30.8 Å². The number of aryl methyl sites for hydroxylation is 1. The lowest BCUT2D eigenvalue weighted by Crippen LogP contribution is -1.97. The van der Waals surface area contributed by atoms with Crippen molar-refractivity contribution in [3.63, 3.8) is 0 Å². The van der Waals surface area contributed by atoms with Gasteiger partial charge in [-0.3, -0.25) is 4.99 Å². The molecule has 0 amide bonds. The lowest BCUT2D eigenvalue weighted by Gasteiger charge is -2.11. The van der Waals surface area contributed by atoms with E-state index in [2.05, 4.69) is 4.99 Å². The van der Waals surface area contributed by atoms with E-state index < -0.39 is 0 Å². The van der Waals surface area contributed by atoms with Gasteiger partial charge in [-0.15, -0.1) is 0 Å². The van der Waals surface area contributed by atoms with E-state index in [-0.39, 0.29) is 0 Å². The number of ether oxygens (including phenoxy) is 2. The molecule has 0 bridgehead atoms. The smallest absolute Gasteiger partial charge is 0.179 e. The molecule has 0 spiro atoms. The first-order chi connectivity index (χ1) is 10.5. The number of benzene rings is 2. The van der Waals surface area contributed by atoms with Crippen molar-refractivity contribution in [2.75, 3.05) is 13.7 Å². The Hall–Kier alpha value is -1.71. The maximum Gasteiger partial charge on any atom is 0.179 e. The average Bonchev–Trinajstić information content (AvgIpc) is 2.50. The van der Waals surface area contributed by atoms with Crippen LogP contribution in [0.15, 0.2) is 35.3 Å². The van der Waals surface area contributed by atoms with Crippen LogP contribution in [0.1, 0.15) is 18.1 Å². The first-order valence-electron chi connectivity index (χ1n) is 6.85. The summed E-state index contributed by atoms with van der Waals surface area (Å²) in [4.78, 5) is 4.46. The molecule has 0 N–H and O–H groups in total. The highest BCUT2D eigenvalue weighted by atomic mass is 35.5. The summed E-state index contributed by atoms with van der Waals surface area (Å²) in [6.07, 6.45) is 1.72. The highest BCUT2D eigenvalue weighted by Gasteiger charge is 2.10. The van der Waals surface area contributed by atoms with E-state index in [4.69, 9.17) is 32.7 Å². The van der Waals surface area contributed by atoms with Gasteiger partial charge in [0.05, 0.1) is 24.4 Å². The van der Waals surface area contributed by atoms with Crippen LogP contribution in [-0.2, 0) is 0 Å². The van der Waals surface area contributed by atoms with Crippen LogP contribution in [0.3, 0.4) is 0 Å². The summed E-state index contributed by atoms with van der Waals surface area (Å²) in [6.45, 7) is 4.40. The number of hydrogen-bond donors (Lipinski definition) is 0. The summed E-state index contributed by atoms with van der Waals surface area (Å²) < 4.78 is 10.8. The van der Waals surface area contributed by atoms with Crippen molar-refractivity contribution in [3.8, 4) is 11.5 Å². The van der Waals surface area contributed by atoms with Gasteiger partial charge in [0.2, 0.25) is 0 Å². The van der Waals surface area contributed by atoms with Crippen LogP contribution in [0, 0.1) is 6.92 Å². The molecule has 0 heterocycles. The second kappa shape index (κ2) is 7.52. The normalized spacial score (nSPS) is 11.0. The van der Waals surface area contributed by atoms with E-state index in [1.165, 1.54) is 0 Å². The van der Waals surface area contributed by atoms with Gasteiger partial charge in [0.1, 0.15) is 0 Å². The molecule has 5 heteroatoms. The fourth-order valence-corrected chi connectivity index (χ4v) is 2.40. The molecule has 0 aromatic heterocycles. The molecule has 0 saturated carbocycles. The minimum atomic E-state index is 0.491. The van der Waals surface area contributed by atoms with Crippen LogP contribution in [0.4, 0.5) is 5.69 Å². The Bertz CT molecular complexity index is 699. The first kappa shape index (κ1) is 16.7. The van der Waals surface area contributed by atoms with Crippen molar-refractivity contribution in [1.29, 1.82) is 0 Å². The molecule has 2 rings (SSSR count). The van der Waals surface area contributed by atoms with Gasteiger partial charge in [-0.25, -0.2) is 0 Å². The fraction of sp³-hybridized carbons (Fsp3) is 0.235. The Morgan fingerprint density at radius 3 is 2.64 bits per heavy atom. The summed E-state index contributed by atoms with van der Waals surface area (Å²) in [7, 11) is 1.58. The number of halogens is 2. The van der Waals surface area contributed by atoms with Crippen molar-refractivity contribution >= 4 is 35.1 Å². The van der Waals surface area contributed by atoms with Gasteiger partial charge >= 0.3 is 0 Å². The van der Waals surface area contributed by atoms with Crippen molar-refractivity contribution in [2.24, 2.45) is 4.99 Å². The number of hydrogen-bond acceptors (Lipinski definition) is 3. The molecule has 2 aromatic rings. The molecule has 2 aromatic carbocycles. The zero-order chi connectivity index (χ0) is 16.1. The summed E-state index contributed by atoms with van der Waals surface area (Å²) in [5, 5.41) is 1.14. The van der Waals surface area contributed by atoms with E-state index >= 15 is 0 Å². The molecule has 0 atom stereocenters. The summed E-state index contributed by atoms with van der Waals surface area (Å²) >= 11 is 12.2. The maximum absolute atomic E-state index is 6.24. The predicted octanol–water partition coefficient (Wildman–Crippen LogP) is 5.46. The molecule has 0 aliphatic heterocycles. The standard InChI is InChI=1S/C17H17Cl2NO2/c1-4-22-17-14(19)7-12(8-16(17)21-3)10-20-15-9-13(18)6-5-11(15)2/h5-10H,4H2,1-3H3. The van der Waals surface area contributed by atoms with Crippen LogP contribution in [0.5, 0.6) is 11.5 Å². The van der Waals surface area contributed by atoms with Crippen molar-refractivity contribution in [3.05, 3.63) is 51.5 Å². The van der Waals surface area contributed by atoms with E-state index in [1.54, 1.807) is 19.4 Å². The lowest BCUT2D eigenvalue weighted by molar-refractivity contribution is 0.311. The van der Waals surface area contributed by atoms with Crippen molar-refractivity contribution in [2.45, 2.75) is 13.8 Å². The van der Waals surface area contributed by atoms with E-state index in [9.17, 15) is 0 Å². The van der Waals surface area contributed by atoms with Gasteiger partial charge < -0.3 is 9.47 Å². The van der Waals surface area contributed by atoms with E-state index in [0.29, 0.717) is 28.2 Å². The zero-order valence-electron chi connectivity index (χ0n) is 12.7. The Labute approximate surface area is 140 Å². The summed E-state index contributed by atoms with van der Waals surface area (Å²) in [5.74, 6) is 1.13. The van der Waals surface area contributed by atoms with E-state index in [1.807, 2.05) is 38.1 Å². The number of aliphatic imine (C=N–C) groups is 1. The quantitative estimate of drug-likeness (QED) is 0.678. The van der Waals surface area contributed by atoms with Crippen LogP contribution < -0.4 is 9.47 Å². The largest absolute Gasteiger partial charge is 0.493 e. The average molecular weight is 338 g/mol. The van der Waals surface area contributed by atoms with Crippen LogP contribution in [-0.4, -0.2) is 19.9 Å². The Morgan fingerprint density at radius 1 is 1.18 bits per heavy atom. The van der Waals surface area contributed by atoms with Gasteiger partial charge in [-0.2, -0.15) is 0 Å². The highest BCUT2D eigenvalue weighted by Crippen LogP contribution is 2.36. The van der Waals surface area contributed by atoms with Crippen molar-refractivity contribution < 1.29 is 9.47 Å². The third-order valence-corrected chi connectivity index (χ3v) is 3.58. The molecule has 116 valence electrons. The van der Waals surface area contributed by atoms with Gasteiger partial charge in [-0.1, -0.05) is 29.3 Å². The van der Waals surface area contributed by atoms with Crippen LogP contribution >= 0.6 is 23.2 Å². The van der Waals surface area contributed by atoms with E-state index in [0.717, 1.165) is 16.8 Å². The Kier molecular flexibility index (Phi) is 5.69. The first-order valence-corrected chi connectivity index (χ1v) is 7.61. The highest BCUT2D eigenvalue weighted by molar-refractivity contribution is 6.32. The molecule has 3 nitrogen and oxygen atoms in total. The second-order valence-corrected chi connectivity index (χ2v) is 5.50. The molecule has 0 aliphatic rings. The molecule has 0 saturated heterocycles. The third-order valence-electron chi connectivity index (χ3n) is 3.06.